The Morgan fingerprint density at radius 1 is 1.15 bits per heavy atom. The molecule has 2 amide bonds. The van der Waals surface area contributed by atoms with Crippen LogP contribution in [0.4, 0.5) is 4.79 Å². The lowest BCUT2D eigenvalue weighted by Crippen LogP contribution is -2.43. The maximum Gasteiger partial charge on any atom is 0.318 e. The molecule has 0 saturated heterocycles. The van der Waals surface area contributed by atoms with Crippen molar-refractivity contribution in [3.63, 3.8) is 0 Å². The van der Waals surface area contributed by atoms with Crippen molar-refractivity contribution >= 4 is 6.03 Å². The first-order valence-electron chi connectivity index (χ1n) is 9.65. The highest BCUT2D eigenvalue weighted by atomic mass is 16.5. The number of urea groups is 1. The molecule has 0 aliphatic carbocycles. The number of nitrogens with one attached hydrogen (secondary N) is 1. The molecule has 2 heterocycles. The summed E-state index contributed by atoms with van der Waals surface area (Å²) >= 11 is 0. The van der Waals surface area contributed by atoms with Crippen molar-refractivity contribution in [2.45, 2.75) is 45.8 Å². The predicted octanol–water partition coefficient (Wildman–Crippen LogP) is 3.68. The fourth-order valence-corrected chi connectivity index (χ4v) is 3.81. The third-order valence-corrected chi connectivity index (χ3v) is 5.26. The van der Waals surface area contributed by atoms with Crippen LogP contribution in [0.15, 0.2) is 36.4 Å². The van der Waals surface area contributed by atoms with Crippen molar-refractivity contribution in [1.29, 1.82) is 0 Å². The van der Waals surface area contributed by atoms with Crippen LogP contribution in [0.3, 0.4) is 0 Å². The van der Waals surface area contributed by atoms with Crippen molar-refractivity contribution in [1.82, 2.24) is 10.2 Å². The largest absolute Gasteiger partial charge is 0.493 e. The van der Waals surface area contributed by atoms with Gasteiger partial charge in [-0.1, -0.05) is 30.3 Å². The summed E-state index contributed by atoms with van der Waals surface area (Å²) in [5.41, 5.74) is 4.56. The van der Waals surface area contributed by atoms with Crippen LogP contribution in [-0.4, -0.2) is 30.2 Å². The van der Waals surface area contributed by atoms with Crippen molar-refractivity contribution in [2.75, 3.05) is 13.2 Å². The smallest absolute Gasteiger partial charge is 0.318 e. The number of carbonyl (C=O) groups is 1. The molecular weight excluding hydrogens is 340 g/mol. The number of hydrogen-bond acceptors (Lipinski definition) is 3. The molecule has 1 N–H and O–H groups in total. The Bertz CT molecular complexity index is 801. The molecule has 5 nitrogen and oxygen atoms in total. The van der Waals surface area contributed by atoms with Gasteiger partial charge in [-0.25, -0.2) is 4.79 Å². The summed E-state index contributed by atoms with van der Waals surface area (Å²) in [5, 5.41) is 3.11. The van der Waals surface area contributed by atoms with Gasteiger partial charge in [0.05, 0.1) is 13.2 Å². The fourth-order valence-electron chi connectivity index (χ4n) is 3.81. The summed E-state index contributed by atoms with van der Waals surface area (Å²) < 4.78 is 11.6. The molecular formula is C22H26N2O3. The summed E-state index contributed by atoms with van der Waals surface area (Å²) in [7, 11) is 0. The average Bonchev–Trinajstić information content (AvgIpc) is 3.32. The van der Waals surface area contributed by atoms with E-state index in [1.54, 1.807) is 0 Å². The van der Waals surface area contributed by atoms with Crippen molar-refractivity contribution in [3.05, 3.63) is 58.7 Å². The lowest BCUT2D eigenvalue weighted by atomic mass is 9.99. The number of nitrogens with zero attached hydrogens (tertiary/aromatic N) is 1. The first-order valence-corrected chi connectivity index (χ1v) is 9.65. The van der Waals surface area contributed by atoms with Gasteiger partial charge in [-0.2, -0.15) is 0 Å². The van der Waals surface area contributed by atoms with Gasteiger partial charge in [0.15, 0.2) is 0 Å². The second-order valence-corrected chi connectivity index (χ2v) is 7.38. The zero-order chi connectivity index (χ0) is 18.8. The Morgan fingerprint density at radius 3 is 2.70 bits per heavy atom. The zero-order valence-electron chi connectivity index (χ0n) is 16.0. The Morgan fingerprint density at radius 2 is 1.93 bits per heavy atom. The number of amides is 2. The van der Waals surface area contributed by atoms with Crippen LogP contribution in [0.5, 0.6) is 11.5 Å². The maximum absolute atomic E-state index is 12.9. The quantitative estimate of drug-likeness (QED) is 0.878. The van der Waals surface area contributed by atoms with Gasteiger partial charge in [-0.05, 0) is 25.5 Å². The van der Waals surface area contributed by atoms with Crippen molar-refractivity contribution < 1.29 is 14.3 Å². The van der Waals surface area contributed by atoms with Gasteiger partial charge in [0.2, 0.25) is 0 Å². The second kappa shape index (κ2) is 7.51. The Labute approximate surface area is 160 Å². The molecule has 0 aromatic heterocycles. The number of carbonyl (C=O) groups excluding carboxylic acids is 1. The van der Waals surface area contributed by atoms with E-state index < -0.39 is 0 Å². The van der Waals surface area contributed by atoms with Crippen molar-refractivity contribution in [3.8, 4) is 11.5 Å². The molecule has 2 aliphatic rings. The number of benzene rings is 2. The van der Waals surface area contributed by atoms with Crippen LogP contribution >= 0.6 is 0 Å². The van der Waals surface area contributed by atoms with E-state index in [0.29, 0.717) is 26.3 Å². The minimum absolute atomic E-state index is 0.0582. The highest BCUT2D eigenvalue weighted by Crippen LogP contribution is 2.40. The highest BCUT2D eigenvalue weighted by Gasteiger charge is 2.27. The van der Waals surface area contributed by atoms with Crippen LogP contribution in [-0.2, 0) is 25.9 Å². The van der Waals surface area contributed by atoms with E-state index in [-0.39, 0.29) is 12.1 Å². The SMILES string of the molecule is CC(C)N(Cc1ccccc1)C(=O)NCc1c2c(cc3c1OCC3)OCC2. The lowest BCUT2D eigenvalue weighted by molar-refractivity contribution is 0.179. The Hall–Kier alpha value is -2.69. The van der Waals surface area contributed by atoms with Gasteiger partial charge < -0.3 is 19.7 Å². The Kier molecular flexibility index (Phi) is 4.92. The molecule has 142 valence electrons. The van der Waals surface area contributed by atoms with Crippen LogP contribution in [0.1, 0.15) is 36.1 Å². The summed E-state index contributed by atoms with van der Waals surface area (Å²) in [6.45, 7) is 6.53. The number of hydrogen-bond donors (Lipinski definition) is 1. The summed E-state index contributed by atoms with van der Waals surface area (Å²) in [6, 6.07) is 12.2. The topological polar surface area (TPSA) is 50.8 Å². The molecule has 27 heavy (non-hydrogen) atoms. The molecule has 0 atom stereocenters. The summed E-state index contributed by atoms with van der Waals surface area (Å²) in [4.78, 5) is 14.8. The van der Waals surface area contributed by atoms with E-state index in [1.165, 1.54) is 11.1 Å². The van der Waals surface area contributed by atoms with Gasteiger partial charge in [0.25, 0.3) is 0 Å². The summed E-state index contributed by atoms with van der Waals surface area (Å²) in [5.74, 6) is 1.90. The maximum atomic E-state index is 12.9. The van der Waals surface area contributed by atoms with Crippen molar-refractivity contribution in [2.24, 2.45) is 0 Å². The minimum Gasteiger partial charge on any atom is -0.493 e. The molecule has 4 rings (SSSR count). The molecule has 0 fully saturated rings. The predicted molar refractivity (Wildman–Crippen MR) is 104 cm³/mol. The van der Waals surface area contributed by atoms with Crippen LogP contribution in [0.2, 0.25) is 0 Å². The van der Waals surface area contributed by atoms with E-state index in [9.17, 15) is 4.79 Å². The Balaban J connectivity index is 1.50. The van der Waals surface area contributed by atoms with Crippen LogP contribution in [0.25, 0.3) is 0 Å². The zero-order valence-corrected chi connectivity index (χ0v) is 16.0. The molecule has 0 spiro atoms. The third-order valence-electron chi connectivity index (χ3n) is 5.26. The normalized spacial score (nSPS) is 14.3. The van der Waals surface area contributed by atoms with Crippen LogP contribution in [0, 0.1) is 0 Å². The van der Waals surface area contributed by atoms with Gasteiger partial charge >= 0.3 is 6.03 Å². The fraction of sp³-hybridized carbons (Fsp3) is 0.409. The van der Waals surface area contributed by atoms with E-state index in [0.717, 1.165) is 35.5 Å². The molecule has 2 aliphatic heterocycles. The molecule has 0 bridgehead atoms. The average molecular weight is 366 g/mol. The minimum atomic E-state index is -0.0582. The van der Waals surface area contributed by atoms with Gasteiger partial charge in [-0.3, -0.25) is 0 Å². The molecule has 5 heteroatoms. The third kappa shape index (κ3) is 3.59. The molecule has 2 aromatic rings. The monoisotopic (exact) mass is 366 g/mol. The standard InChI is InChI=1S/C22H26N2O3/c1-15(2)24(14-16-6-4-3-5-7-16)22(25)23-13-19-18-9-11-26-20(18)12-17-8-10-27-21(17)19/h3-7,12,15H,8-11,13-14H2,1-2H3,(H,23,25). The van der Waals surface area contributed by atoms with Gasteiger partial charge in [-0.15, -0.1) is 0 Å². The first kappa shape index (κ1) is 17.7. The van der Waals surface area contributed by atoms with E-state index in [4.69, 9.17) is 9.47 Å². The molecule has 0 saturated carbocycles. The van der Waals surface area contributed by atoms with E-state index in [1.807, 2.05) is 49.1 Å². The van der Waals surface area contributed by atoms with E-state index in [2.05, 4.69) is 11.4 Å². The van der Waals surface area contributed by atoms with Gasteiger partial charge in [0.1, 0.15) is 11.5 Å². The first-order chi connectivity index (χ1) is 13.1. The van der Waals surface area contributed by atoms with Crippen LogP contribution < -0.4 is 14.8 Å². The number of ether oxygens (including phenoxy) is 2. The van der Waals surface area contributed by atoms with Gasteiger partial charge in [0, 0.05) is 48.7 Å². The second-order valence-electron chi connectivity index (χ2n) is 7.38. The number of rotatable bonds is 5. The molecule has 2 aromatic carbocycles. The summed E-state index contributed by atoms with van der Waals surface area (Å²) in [6.07, 6.45) is 1.77. The molecule has 0 unspecified atom stereocenters. The van der Waals surface area contributed by atoms with E-state index >= 15 is 0 Å². The highest BCUT2D eigenvalue weighted by molar-refractivity contribution is 5.75. The number of fused-ring (bicyclic) bond motifs is 2. The lowest BCUT2D eigenvalue weighted by Gasteiger charge is -2.27. The molecule has 0 radical (unpaired) electrons.